The van der Waals surface area contributed by atoms with Crippen molar-refractivity contribution >= 4 is 26.7 Å². The first-order valence-corrected chi connectivity index (χ1v) is 9.63. The van der Waals surface area contributed by atoms with E-state index in [0.29, 0.717) is 25.5 Å². The van der Waals surface area contributed by atoms with Gasteiger partial charge in [0.05, 0.1) is 23.5 Å². The number of morpholine rings is 1. The van der Waals surface area contributed by atoms with Crippen LogP contribution in [0.4, 0.5) is 5.82 Å². The Labute approximate surface area is 142 Å². The predicted molar refractivity (Wildman–Crippen MR) is 93.4 cm³/mol. The quantitative estimate of drug-likeness (QED) is 0.879. The lowest BCUT2D eigenvalue weighted by Crippen LogP contribution is -2.49. The van der Waals surface area contributed by atoms with Gasteiger partial charge in [-0.05, 0) is 26.0 Å². The van der Waals surface area contributed by atoms with Crippen LogP contribution in [0.5, 0.6) is 0 Å². The highest BCUT2D eigenvalue weighted by Crippen LogP contribution is 2.19. The average Bonchev–Trinajstić information content (AvgIpc) is 2.54. The predicted octanol–water partition coefficient (Wildman–Crippen LogP) is 1.48. The van der Waals surface area contributed by atoms with Crippen LogP contribution in [0, 0.1) is 0 Å². The Balaban J connectivity index is 1.65. The van der Waals surface area contributed by atoms with E-state index in [1.54, 1.807) is 0 Å². The van der Waals surface area contributed by atoms with Crippen molar-refractivity contribution in [1.82, 2.24) is 14.3 Å². The minimum atomic E-state index is -3.33. The fourth-order valence-electron chi connectivity index (χ4n) is 2.93. The summed E-state index contributed by atoms with van der Waals surface area (Å²) in [4.78, 5) is 8.41. The lowest BCUT2D eigenvalue weighted by Gasteiger charge is -2.34. The number of aromatic nitrogens is 2. The Morgan fingerprint density at radius 1 is 1.21 bits per heavy atom. The molecular formula is C16H22N4O3S. The number of fused-ring (bicyclic) bond motifs is 1. The van der Waals surface area contributed by atoms with Crippen LogP contribution in [0.3, 0.4) is 0 Å². The van der Waals surface area contributed by atoms with Crippen molar-refractivity contribution in [3.63, 3.8) is 0 Å². The molecule has 3 rings (SSSR count). The molecule has 1 aromatic carbocycles. The zero-order valence-corrected chi connectivity index (χ0v) is 14.7. The van der Waals surface area contributed by atoms with Crippen LogP contribution < -0.4 is 5.32 Å². The fraction of sp³-hybridized carbons (Fsp3) is 0.500. The number of sulfonamides is 1. The van der Waals surface area contributed by atoms with Crippen molar-refractivity contribution in [2.24, 2.45) is 0 Å². The van der Waals surface area contributed by atoms with Gasteiger partial charge in [-0.15, -0.1) is 0 Å². The Morgan fingerprint density at radius 3 is 2.67 bits per heavy atom. The minimum absolute atomic E-state index is 0.0186. The van der Waals surface area contributed by atoms with Gasteiger partial charge in [-0.25, -0.2) is 18.4 Å². The number of ether oxygens (including phenoxy) is 1. The maximum absolute atomic E-state index is 12.5. The van der Waals surface area contributed by atoms with Gasteiger partial charge < -0.3 is 10.1 Å². The normalized spacial score (nSPS) is 22.6. The van der Waals surface area contributed by atoms with Gasteiger partial charge in [0, 0.05) is 25.0 Å². The van der Waals surface area contributed by atoms with E-state index in [1.807, 2.05) is 38.1 Å². The number of rotatable bonds is 5. The van der Waals surface area contributed by atoms with E-state index in [1.165, 1.54) is 10.6 Å². The molecule has 0 unspecified atom stereocenters. The number of hydrogen-bond acceptors (Lipinski definition) is 6. The molecule has 0 spiro atoms. The molecule has 7 nitrogen and oxygen atoms in total. The Bertz CT molecular complexity index is 797. The van der Waals surface area contributed by atoms with E-state index in [2.05, 4.69) is 15.3 Å². The second kappa shape index (κ2) is 7.00. The number of nitrogens with one attached hydrogen (secondary N) is 1. The minimum Gasteiger partial charge on any atom is -0.373 e. The van der Waals surface area contributed by atoms with Gasteiger partial charge in [0.2, 0.25) is 10.0 Å². The van der Waals surface area contributed by atoms with Crippen molar-refractivity contribution in [2.45, 2.75) is 26.1 Å². The summed E-state index contributed by atoms with van der Waals surface area (Å²) in [6, 6.07) is 7.63. The third-order valence-electron chi connectivity index (χ3n) is 3.97. The largest absolute Gasteiger partial charge is 0.373 e. The van der Waals surface area contributed by atoms with Crippen LogP contribution in [0.2, 0.25) is 0 Å². The first-order chi connectivity index (χ1) is 11.5. The second-order valence-corrected chi connectivity index (χ2v) is 8.14. The summed E-state index contributed by atoms with van der Waals surface area (Å²) in [5.41, 5.74) is 0.827. The number of hydrogen-bond donors (Lipinski definition) is 1. The average molecular weight is 350 g/mol. The summed E-state index contributed by atoms with van der Waals surface area (Å²) >= 11 is 0. The standard InChI is InChI=1S/C16H22N4O3S/c1-12-9-20(10-13(2)23-12)24(21,22)8-7-17-16-14-5-3-4-6-15(14)18-11-19-16/h3-6,11-13H,7-10H2,1-2H3,(H,17,18,19)/t12-,13-/m0/s1. The zero-order chi connectivity index (χ0) is 17.2. The number of para-hydroxylation sites is 1. The SMILES string of the molecule is C[C@H]1CN(S(=O)(=O)CCNc2ncnc3ccccc23)C[C@H](C)O1. The maximum atomic E-state index is 12.5. The molecule has 0 saturated carbocycles. The first-order valence-electron chi connectivity index (χ1n) is 8.02. The molecule has 1 aromatic heterocycles. The van der Waals surface area contributed by atoms with Crippen LogP contribution in [0.15, 0.2) is 30.6 Å². The molecule has 1 aliphatic rings. The number of nitrogens with zero attached hydrogens (tertiary/aromatic N) is 3. The smallest absolute Gasteiger partial charge is 0.216 e. The monoisotopic (exact) mass is 350 g/mol. The van der Waals surface area contributed by atoms with E-state index in [9.17, 15) is 8.42 Å². The summed E-state index contributed by atoms with van der Waals surface area (Å²) in [6.07, 6.45) is 1.31. The van der Waals surface area contributed by atoms with Crippen molar-refractivity contribution < 1.29 is 13.2 Å². The molecule has 1 N–H and O–H groups in total. The summed E-state index contributed by atoms with van der Waals surface area (Å²) in [6.45, 7) is 4.89. The molecule has 1 fully saturated rings. The summed E-state index contributed by atoms with van der Waals surface area (Å²) in [7, 11) is -3.33. The van der Waals surface area contributed by atoms with Gasteiger partial charge in [0.25, 0.3) is 0 Å². The van der Waals surface area contributed by atoms with Gasteiger partial charge >= 0.3 is 0 Å². The van der Waals surface area contributed by atoms with Gasteiger partial charge in [-0.3, -0.25) is 0 Å². The molecule has 2 atom stereocenters. The van der Waals surface area contributed by atoms with Crippen LogP contribution in [0.1, 0.15) is 13.8 Å². The van der Waals surface area contributed by atoms with E-state index >= 15 is 0 Å². The topological polar surface area (TPSA) is 84.4 Å². The number of benzene rings is 1. The Hall–Kier alpha value is -1.77. The second-order valence-electron chi connectivity index (χ2n) is 6.06. The molecule has 1 aliphatic heterocycles. The zero-order valence-electron chi connectivity index (χ0n) is 13.8. The maximum Gasteiger partial charge on any atom is 0.216 e. The third kappa shape index (κ3) is 3.82. The third-order valence-corrected chi connectivity index (χ3v) is 5.78. The molecule has 0 aliphatic carbocycles. The molecule has 0 amide bonds. The lowest BCUT2D eigenvalue weighted by molar-refractivity contribution is -0.0440. The fourth-order valence-corrected chi connectivity index (χ4v) is 4.42. The van der Waals surface area contributed by atoms with E-state index < -0.39 is 10.0 Å². The molecule has 2 aromatic rings. The molecule has 8 heteroatoms. The molecule has 130 valence electrons. The first kappa shape index (κ1) is 17.1. The Kier molecular flexibility index (Phi) is 4.98. The highest BCUT2D eigenvalue weighted by Gasteiger charge is 2.30. The van der Waals surface area contributed by atoms with E-state index in [0.717, 1.165) is 10.9 Å². The van der Waals surface area contributed by atoms with E-state index in [4.69, 9.17) is 4.74 Å². The van der Waals surface area contributed by atoms with E-state index in [-0.39, 0.29) is 18.0 Å². The van der Waals surface area contributed by atoms with Crippen molar-refractivity contribution in [3.8, 4) is 0 Å². The molecule has 1 saturated heterocycles. The molecule has 0 radical (unpaired) electrons. The molecular weight excluding hydrogens is 328 g/mol. The van der Waals surface area contributed by atoms with Crippen LogP contribution in [-0.2, 0) is 14.8 Å². The van der Waals surface area contributed by atoms with Gasteiger partial charge in [0.1, 0.15) is 12.1 Å². The van der Waals surface area contributed by atoms with Crippen molar-refractivity contribution in [1.29, 1.82) is 0 Å². The van der Waals surface area contributed by atoms with Crippen LogP contribution in [0.25, 0.3) is 10.9 Å². The molecule has 24 heavy (non-hydrogen) atoms. The summed E-state index contributed by atoms with van der Waals surface area (Å²) in [5, 5.41) is 4.00. The van der Waals surface area contributed by atoms with Gasteiger partial charge in [0.15, 0.2) is 0 Å². The lowest BCUT2D eigenvalue weighted by atomic mass is 10.2. The highest BCUT2D eigenvalue weighted by molar-refractivity contribution is 7.89. The molecule has 0 bridgehead atoms. The molecule has 2 heterocycles. The van der Waals surface area contributed by atoms with Crippen molar-refractivity contribution in [3.05, 3.63) is 30.6 Å². The van der Waals surface area contributed by atoms with Crippen molar-refractivity contribution in [2.75, 3.05) is 30.7 Å². The van der Waals surface area contributed by atoms with Gasteiger partial charge in [-0.2, -0.15) is 4.31 Å². The number of anilines is 1. The Morgan fingerprint density at radius 2 is 1.92 bits per heavy atom. The highest BCUT2D eigenvalue weighted by atomic mass is 32.2. The van der Waals surface area contributed by atoms with Crippen LogP contribution in [-0.4, -0.2) is 60.3 Å². The van der Waals surface area contributed by atoms with Crippen LogP contribution >= 0.6 is 0 Å². The van der Waals surface area contributed by atoms with Gasteiger partial charge in [-0.1, -0.05) is 12.1 Å². The summed E-state index contributed by atoms with van der Waals surface area (Å²) in [5.74, 6) is 0.671. The summed E-state index contributed by atoms with van der Waals surface area (Å²) < 4.78 is 32.2.